The molecule has 0 spiro atoms. The molecule has 0 rings (SSSR count). The molecule has 0 fully saturated rings. The summed E-state index contributed by atoms with van der Waals surface area (Å²) in [4.78, 5) is 34.0. The lowest BCUT2D eigenvalue weighted by molar-refractivity contribution is -0.127. The van der Waals surface area contributed by atoms with Crippen LogP contribution in [0.2, 0.25) is 0 Å². The molecule has 0 aliphatic rings. The van der Waals surface area contributed by atoms with Gasteiger partial charge in [0.05, 0.1) is 59.4 Å². The standard InChI is InChI=1S/C20H38N2O7/c1-16(2)18(4)22-20(25)15-21-19(24)6-8-27-10-12-29-14-13-28-11-9-26-7-5-17(3)23/h16,18H,5-15H2,1-4H3,(H,21,24)(H,22,25). The molecule has 1 unspecified atom stereocenters. The van der Waals surface area contributed by atoms with E-state index < -0.39 is 0 Å². The number of ether oxygens (including phenoxy) is 4. The minimum atomic E-state index is -0.225. The van der Waals surface area contributed by atoms with Crippen LogP contribution in [0.3, 0.4) is 0 Å². The SMILES string of the molecule is CC(=O)CCOCCOCCOCCOCCC(=O)NCC(=O)NC(C)C(C)C. The fraction of sp³-hybridized carbons (Fsp3) is 0.850. The van der Waals surface area contributed by atoms with E-state index in [2.05, 4.69) is 10.6 Å². The Morgan fingerprint density at radius 3 is 1.59 bits per heavy atom. The normalized spacial score (nSPS) is 12.0. The number of rotatable bonds is 19. The Labute approximate surface area is 174 Å². The van der Waals surface area contributed by atoms with Gasteiger partial charge in [0.25, 0.3) is 0 Å². The van der Waals surface area contributed by atoms with Crippen LogP contribution in [-0.2, 0) is 33.3 Å². The van der Waals surface area contributed by atoms with E-state index in [0.717, 1.165) is 0 Å². The number of hydrogen-bond donors (Lipinski definition) is 2. The van der Waals surface area contributed by atoms with Crippen LogP contribution in [-0.4, -0.2) is 83.0 Å². The minimum absolute atomic E-state index is 0.0270. The first-order valence-electron chi connectivity index (χ1n) is 10.2. The number of Topliss-reactive ketones (excluding diaryl/α,β-unsaturated/α-hetero) is 1. The van der Waals surface area contributed by atoms with Gasteiger partial charge in [0.2, 0.25) is 11.8 Å². The number of hydrogen-bond acceptors (Lipinski definition) is 7. The van der Waals surface area contributed by atoms with E-state index in [1.54, 1.807) is 0 Å². The third-order valence-electron chi connectivity index (χ3n) is 4.02. The summed E-state index contributed by atoms with van der Waals surface area (Å²) in [6.07, 6.45) is 0.622. The molecule has 0 aromatic heterocycles. The van der Waals surface area contributed by atoms with Crippen LogP contribution in [0, 0.1) is 5.92 Å². The quantitative estimate of drug-likeness (QED) is 0.297. The molecule has 0 aliphatic carbocycles. The summed E-state index contributed by atoms with van der Waals surface area (Å²) in [5, 5.41) is 5.40. The summed E-state index contributed by atoms with van der Waals surface area (Å²) in [6.45, 7) is 10.8. The zero-order valence-electron chi connectivity index (χ0n) is 18.3. The van der Waals surface area contributed by atoms with Gasteiger partial charge in [-0.05, 0) is 19.8 Å². The number of amides is 2. The Morgan fingerprint density at radius 1 is 0.690 bits per heavy atom. The van der Waals surface area contributed by atoms with Crippen LogP contribution >= 0.6 is 0 Å². The molecule has 2 amide bonds. The molecule has 0 aliphatic heterocycles. The predicted molar refractivity (Wildman–Crippen MR) is 109 cm³/mol. The maximum Gasteiger partial charge on any atom is 0.239 e. The molecule has 0 radical (unpaired) electrons. The van der Waals surface area contributed by atoms with E-state index in [1.165, 1.54) is 6.92 Å². The lowest BCUT2D eigenvalue weighted by Gasteiger charge is -2.17. The number of carbonyl (C=O) groups is 3. The second kappa shape index (κ2) is 18.5. The van der Waals surface area contributed by atoms with E-state index in [0.29, 0.717) is 58.6 Å². The molecule has 29 heavy (non-hydrogen) atoms. The first-order valence-corrected chi connectivity index (χ1v) is 10.2. The van der Waals surface area contributed by atoms with Crippen molar-refractivity contribution in [2.24, 2.45) is 5.92 Å². The molecule has 1 atom stereocenters. The second-order valence-corrected chi connectivity index (χ2v) is 7.03. The van der Waals surface area contributed by atoms with Crippen LogP contribution in [0.5, 0.6) is 0 Å². The second-order valence-electron chi connectivity index (χ2n) is 7.03. The summed E-state index contributed by atoms with van der Waals surface area (Å²) >= 11 is 0. The van der Waals surface area contributed by atoms with Crippen molar-refractivity contribution >= 4 is 17.6 Å². The highest BCUT2D eigenvalue weighted by Gasteiger charge is 2.11. The smallest absolute Gasteiger partial charge is 0.239 e. The van der Waals surface area contributed by atoms with Crippen LogP contribution in [0.4, 0.5) is 0 Å². The minimum Gasteiger partial charge on any atom is -0.379 e. The average molecular weight is 419 g/mol. The highest BCUT2D eigenvalue weighted by atomic mass is 16.6. The number of nitrogens with one attached hydrogen (secondary N) is 2. The molecule has 0 saturated carbocycles. The molecule has 9 nitrogen and oxygen atoms in total. The average Bonchev–Trinajstić information content (AvgIpc) is 2.66. The van der Waals surface area contributed by atoms with Gasteiger partial charge in [0.15, 0.2) is 0 Å². The van der Waals surface area contributed by atoms with E-state index in [4.69, 9.17) is 18.9 Å². The van der Waals surface area contributed by atoms with Gasteiger partial charge in [-0.25, -0.2) is 0 Å². The summed E-state index contributed by atoms with van der Waals surface area (Å²) in [6, 6.07) is 0.0687. The summed E-state index contributed by atoms with van der Waals surface area (Å²) in [7, 11) is 0. The van der Waals surface area contributed by atoms with Gasteiger partial charge in [-0.3, -0.25) is 14.4 Å². The van der Waals surface area contributed by atoms with Crippen LogP contribution in [0.25, 0.3) is 0 Å². The van der Waals surface area contributed by atoms with Gasteiger partial charge < -0.3 is 29.6 Å². The lowest BCUT2D eigenvalue weighted by Crippen LogP contribution is -2.42. The highest BCUT2D eigenvalue weighted by Crippen LogP contribution is 1.98. The van der Waals surface area contributed by atoms with Gasteiger partial charge in [-0.1, -0.05) is 13.8 Å². The first kappa shape index (κ1) is 27.5. The van der Waals surface area contributed by atoms with Gasteiger partial charge in [-0.15, -0.1) is 0 Å². The van der Waals surface area contributed by atoms with Crippen molar-refractivity contribution in [1.29, 1.82) is 0 Å². The largest absolute Gasteiger partial charge is 0.379 e. The molecule has 0 aromatic carbocycles. The van der Waals surface area contributed by atoms with E-state index in [-0.39, 0.29) is 43.2 Å². The molecule has 9 heteroatoms. The molecule has 170 valence electrons. The van der Waals surface area contributed by atoms with Gasteiger partial charge in [-0.2, -0.15) is 0 Å². The number of carbonyl (C=O) groups excluding carboxylic acids is 3. The molecule has 2 N–H and O–H groups in total. The zero-order chi connectivity index (χ0) is 21.9. The summed E-state index contributed by atoms with van der Waals surface area (Å²) in [5.41, 5.74) is 0. The third kappa shape index (κ3) is 19.5. The lowest BCUT2D eigenvalue weighted by atomic mass is 10.1. The van der Waals surface area contributed by atoms with E-state index in [1.807, 2.05) is 20.8 Å². The predicted octanol–water partition coefficient (Wildman–Crippen LogP) is 0.699. The summed E-state index contributed by atoms with van der Waals surface area (Å²) in [5.74, 6) is 0.0340. The van der Waals surface area contributed by atoms with Gasteiger partial charge in [0.1, 0.15) is 5.78 Å². The first-order chi connectivity index (χ1) is 13.8. The highest BCUT2D eigenvalue weighted by molar-refractivity contribution is 5.84. The Kier molecular flexibility index (Phi) is 17.5. The molecule has 0 heterocycles. The van der Waals surface area contributed by atoms with Gasteiger partial charge in [0, 0.05) is 18.9 Å². The zero-order valence-corrected chi connectivity index (χ0v) is 18.3. The molecule has 0 aromatic rings. The number of ketones is 1. The van der Waals surface area contributed by atoms with Crippen LogP contribution in [0.1, 0.15) is 40.5 Å². The Bertz CT molecular complexity index is 458. The molecule has 0 saturated heterocycles. The van der Waals surface area contributed by atoms with Crippen molar-refractivity contribution in [2.75, 3.05) is 59.4 Å². The molecular formula is C20H38N2O7. The van der Waals surface area contributed by atoms with Crippen molar-refractivity contribution in [1.82, 2.24) is 10.6 Å². The maximum atomic E-state index is 11.7. The van der Waals surface area contributed by atoms with Crippen molar-refractivity contribution < 1.29 is 33.3 Å². The van der Waals surface area contributed by atoms with Crippen molar-refractivity contribution in [2.45, 2.75) is 46.6 Å². The van der Waals surface area contributed by atoms with Gasteiger partial charge >= 0.3 is 0 Å². The van der Waals surface area contributed by atoms with Crippen molar-refractivity contribution in [3.63, 3.8) is 0 Å². The van der Waals surface area contributed by atoms with Crippen LogP contribution < -0.4 is 10.6 Å². The molecular weight excluding hydrogens is 380 g/mol. The Morgan fingerprint density at radius 2 is 1.14 bits per heavy atom. The fourth-order valence-corrected chi connectivity index (χ4v) is 1.88. The Balaban J connectivity index is 3.34. The third-order valence-corrected chi connectivity index (χ3v) is 4.02. The fourth-order valence-electron chi connectivity index (χ4n) is 1.88. The maximum absolute atomic E-state index is 11.7. The molecule has 0 bridgehead atoms. The topological polar surface area (TPSA) is 112 Å². The van der Waals surface area contributed by atoms with Crippen LogP contribution in [0.15, 0.2) is 0 Å². The Hall–Kier alpha value is -1.55. The van der Waals surface area contributed by atoms with E-state index in [9.17, 15) is 14.4 Å². The van der Waals surface area contributed by atoms with Crippen molar-refractivity contribution in [3.8, 4) is 0 Å². The van der Waals surface area contributed by atoms with E-state index >= 15 is 0 Å². The monoisotopic (exact) mass is 418 g/mol. The van der Waals surface area contributed by atoms with Crippen molar-refractivity contribution in [3.05, 3.63) is 0 Å². The summed E-state index contributed by atoms with van der Waals surface area (Å²) < 4.78 is 21.2.